The number of carbonyl (C=O) groups is 1. The number of carboxylic acid groups (broad SMARTS) is 1. The molecule has 0 saturated carbocycles. The lowest BCUT2D eigenvalue weighted by Gasteiger charge is -2.15. The van der Waals surface area contributed by atoms with Crippen LogP contribution in [0, 0.1) is 6.92 Å². The Bertz CT molecular complexity index is 611. The first-order valence-corrected chi connectivity index (χ1v) is 6.85. The number of aryl methyl sites for hydroxylation is 1. The van der Waals surface area contributed by atoms with Crippen molar-refractivity contribution < 1.29 is 15.0 Å². The van der Waals surface area contributed by atoms with E-state index in [0.717, 1.165) is 16.7 Å². The van der Waals surface area contributed by atoms with E-state index in [-0.39, 0.29) is 5.75 Å². The number of rotatable bonds is 6. The predicted octanol–water partition coefficient (Wildman–Crippen LogP) is 2.49. The first kappa shape index (κ1) is 15.1. The van der Waals surface area contributed by atoms with Crippen LogP contribution in [0.3, 0.4) is 0 Å². The number of phenolic OH excluding ortho intramolecular Hbond substituents is 1. The standard InChI is InChI=1S/C17H19NO3/c1-12-7-8-14(10-16(12)19)9-15(17(20)21)18-11-13-5-3-2-4-6-13/h2-8,10,15,18-19H,9,11H2,1H3,(H,20,21)/t15-/m0/s1. The SMILES string of the molecule is Cc1ccc(C[C@H](NCc2ccccc2)C(=O)O)cc1O. The quantitative estimate of drug-likeness (QED) is 0.762. The van der Waals surface area contributed by atoms with E-state index in [2.05, 4.69) is 5.32 Å². The highest BCUT2D eigenvalue weighted by Crippen LogP contribution is 2.18. The summed E-state index contributed by atoms with van der Waals surface area (Å²) in [6.07, 6.45) is 0.329. The van der Waals surface area contributed by atoms with E-state index in [1.807, 2.05) is 36.4 Å². The highest BCUT2D eigenvalue weighted by molar-refractivity contribution is 5.74. The smallest absolute Gasteiger partial charge is 0.321 e. The zero-order chi connectivity index (χ0) is 15.2. The molecule has 0 unspecified atom stereocenters. The number of hydrogen-bond acceptors (Lipinski definition) is 3. The van der Waals surface area contributed by atoms with E-state index >= 15 is 0 Å². The van der Waals surface area contributed by atoms with Crippen LogP contribution in [0.2, 0.25) is 0 Å². The lowest BCUT2D eigenvalue weighted by molar-refractivity contribution is -0.139. The van der Waals surface area contributed by atoms with Gasteiger partial charge in [-0.1, -0.05) is 42.5 Å². The summed E-state index contributed by atoms with van der Waals surface area (Å²) in [6, 6.07) is 14.2. The molecule has 0 aliphatic heterocycles. The molecule has 1 atom stereocenters. The molecule has 0 aromatic heterocycles. The normalized spacial score (nSPS) is 12.0. The highest BCUT2D eigenvalue weighted by atomic mass is 16.4. The molecule has 0 radical (unpaired) electrons. The predicted molar refractivity (Wildman–Crippen MR) is 81.3 cm³/mol. The van der Waals surface area contributed by atoms with E-state index in [1.165, 1.54) is 0 Å². The summed E-state index contributed by atoms with van der Waals surface area (Å²) in [5, 5.41) is 22.0. The molecule has 0 bridgehead atoms. The molecule has 0 saturated heterocycles. The molecular formula is C17H19NO3. The Morgan fingerprint density at radius 1 is 1.14 bits per heavy atom. The Labute approximate surface area is 124 Å². The third-order valence-corrected chi connectivity index (χ3v) is 3.41. The van der Waals surface area contributed by atoms with Gasteiger partial charge in [0.15, 0.2) is 0 Å². The Balaban J connectivity index is 2.02. The van der Waals surface area contributed by atoms with Crippen LogP contribution in [0.4, 0.5) is 0 Å². The Morgan fingerprint density at radius 2 is 1.86 bits per heavy atom. The summed E-state index contributed by atoms with van der Waals surface area (Å²) >= 11 is 0. The van der Waals surface area contributed by atoms with Gasteiger partial charge in [0.1, 0.15) is 11.8 Å². The average Bonchev–Trinajstić information content (AvgIpc) is 2.48. The summed E-state index contributed by atoms with van der Waals surface area (Å²) in [6.45, 7) is 2.30. The van der Waals surface area contributed by atoms with Gasteiger partial charge in [0, 0.05) is 6.54 Å². The van der Waals surface area contributed by atoms with E-state index < -0.39 is 12.0 Å². The molecular weight excluding hydrogens is 266 g/mol. The molecule has 2 aromatic rings. The largest absolute Gasteiger partial charge is 0.508 e. The molecule has 4 heteroatoms. The maximum atomic E-state index is 11.4. The van der Waals surface area contributed by atoms with Gasteiger partial charge in [-0.2, -0.15) is 0 Å². The van der Waals surface area contributed by atoms with Crippen molar-refractivity contribution in [1.29, 1.82) is 0 Å². The van der Waals surface area contributed by atoms with Crippen LogP contribution in [0.5, 0.6) is 5.75 Å². The van der Waals surface area contributed by atoms with E-state index in [1.54, 1.807) is 19.1 Å². The Morgan fingerprint density at radius 3 is 2.48 bits per heavy atom. The van der Waals surface area contributed by atoms with Crippen molar-refractivity contribution >= 4 is 5.97 Å². The van der Waals surface area contributed by atoms with Gasteiger partial charge in [-0.15, -0.1) is 0 Å². The minimum Gasteiger partial charge on any atom is -0.508 e. The van der Waals surface area contributed by atoms with E-state index in [0.29, 0.717) is 13.0 Å². The fraction of sp³-hybridized carbons (Fsp3) is 0.235. The van der Waals surface area contributed by atoms with Crippen LogP contribution in [0.15, 0.2) is 48.5 Å². The second-order valence-electron chi connectivity index (χ2n) is 5.08. The Kier molecular flexibility index (Phi) is 4.95. The number of phenols is 1. The van der Waals surface area contributed by atoms with Gasteiger partial charge >= 0.3 is 5.97 Å². The first-order chi connectivity index (χ1) is 10.1. The van der Waals surface area contributed by atoms with Crippen molar-refractivity contribution in [3.8, 4) is 5.75 Å². The maximum absolute atomic E-state index is 11.4. The van der Waals surface area contributed by atoms with Crippen molar-refractivity contribution in [3.63, 3.8) is 0 Å². The van der Waals surface area contributed by atoms with Gasteiger partial charge in [0.25, 0.3) is 0 Å². The van der Waals surface area contributed by atoms with Crippen LogP contribution in [-0.4, -0.2) is 22.2 Å². The summed E-state index contributed by atoms with van der Waals surface area (Å²) in [4.78, 5) is 11.4. The zero-order valence-electron chi connectivity index (χ0n) is 11.9. The molecule has 0 fully saturated rings. The second-order valence-corrected chi connectivity index (χ2v) is 5.08. The Hall–Kier alpha value is -2.33. The van der Waals surface area contributed by atoms with Gasteiger partial charge < -0.3 is 15.5 Å². The third-order valence-electron chi connectivity index (χ3n) is 3.41. The van der Waals surface area contributed by atoms with Crippen molar-refractivity contribution in [3.05, 3.63) is 65.2 Å². The van der Waals surface area contributed by atoms with Crippen molar-refractivity contribution in [1.82, 2.24) is 5.32 Å². The summed E-state index contributed by atoms with van der Waals surface area (Å²) in [5.74, 6) is -0.703. The fourth-order valence-electron chi connectivity index (χ4n) is 2.10. The van der Waals surface area contributed by atoms with Crippen LogP contribution in [-0.2, 0) is 17.8 Å². The lowest BCUT2D eigenvalue weighted by Crippen LogP contribution is -2.38. The molecule has 0 spiro atoms. The van der Waals surface area contributed by atoms with Crippen molar-refractivity contribution in [2.24, 2.45) is 0 Å². The molecule has 110 valence electrons. The number of aliphatic carboxylic acids is 1. The maximum Gasteiger partial charge on any atom is 0.321 e. The number of carboxylic acids is 1. The van der Waals surface area contributed by atoms with Gasteiger partial charge in [-0.25, -0.2) is 0 Å². The minimum atomic E-state index is -0.897. The number of benzene rings is 2. The van der Waals surface area contributed by atoms with Crippen LogP contribution in [0.1, 0.15) is 16.7 Å². The topological polar surface area (TPSA) is 69.6 Å². The zero-order valence-corrected chi connectivity index (χ0v) is 11.9. The summed E-state index contributed by atoms with van der Waals surface area (Å²) < 4.78 is 0. The summed E-state index contributed by atoms with van der Waals surface area (Å²) in [5.41, 5.74) is 2.62. The van der Waals surface area contributed by atoms with Crippen LogP contribution < -0.4 is 5.32 Å². The van der Waals surface area contributed by atoms with Crippen molar-refractivity contribution in [2.75, 3.05) is 0 Å². The second kappa shape index (κ2) is 6.90. The number of hydrogen-bond donors (Lipinski definition) is 3. The summed E-state index contributed by atoms with van der Waals surface area (Å²) in [7, 11) is 0. The van der Waals surface area contributed by atoms with E-state index in [9.17, 15) is 15.0 Å². The average molecular weight is 285 g/mol. The molecule has 0 aliphatic carbocycles. The van der Waals surface area contributed by atoms with Crippen molar-refractivity contribution in [2.45, 2.75) is 25.9 Å². The molecule has 4 nitrogen and oxygen atoms in total. The van der Waals surface area contributed by atoms with Gasteiger partial charge in [-0.3, -0.25) is 4.79 Å². The van der Waals surface area contributed by atoms with Gasteiger partial charge in [0.2, 0.25) is 0 Å². The van der Waals surface area contributed by atoms with E-state index in [4.69, 9.17) is 0 Å². The molecule has 2 aromatic carbocycles. The molecule has 0 heterocycles. The fourth-order valence-corrected chi connectivity index (χ4v) is 2.10. The monoisotopic (exact) mass is 285 g/mol. The molecule has 3 N–H and O–H groups in total. The molecule has 0 aliphatic rings. The number of nitrogens with one attached hydrogen (secondary N) is 1. The molecule has 21 heavy (non-hydrogen) atoms. The lowest BCUT2D eigenvalue weighted by atomic mass is 10.0. The third kappa shape index (κ3) is 4.33. The van der Waals surface area contributed by atoms with Gasteiger partial charge in [-0.05, 0) is 36.1 Å². The molecule has 0 amide bonds. The number of aromatic hydroxyl groups is 1. The minimum absolute atomic E-state index is 0.194. The highest BCUT2D eigenvalue weighted by Gasteiger charge is 2.17. The van der Waals surface area contributed by atoms with Crippen LogP contribution in [0.25, 0.3) is 0 Å². The first-order valence-electron chi connectivity index (χ1n) is 6.85. The molecule has 2 rings (SSSR count). The van der Waals surface area contributed by atoms with Crippen LogP contribution >= 0.6 is 0 Å². The van der Waals surface area contributed by atoms with Gasteiger partial charge in [0.05, 0.1) is 0 Å².